The molecule has 0 aliphatic carbocycles. The molecule has 1 aromatic carbocycles. The van der Waals surface area contributed by atoms with Crippen LogP contribution in [-0.4, -0.2) is 23.9 Å². The van der Waals surface area contributed by atoms with E-state index in [1.165, 1.54) is 6.42 Å². The Labute approximate surface area is 108 Å². The van der Waals surface area contributed by atoms with E-state index in [0.29, 0.717) is 22.9 Å². The number of nitrogens with two attached hydrogens (primary N) is 2. The Balaban J connectivity index is 2.23. The fourth-order valence-corrected chi connectivity index (χ4v) is 2.44. The van der Waals surface area contributed by atoms with E-state index in [9.17, 15) is 4.79 Å². The molecule has 18 heavy (non-hydrogen) atoms. The Morgan fingerprint density at radius 2 is 1.94 bits per heavy atom. The number of nitrogens with zero attached hydrogens (tertiary/aromatic N) is 1. The summed E-state index contributed by atoms with van der Waals surface area (Å²) in [4.78, 5) is 14.3. The quantitative estimate of drug-likeness (QED) is 0.746. The van der Waals surface area contributed by atoms with Crippen molar-refractivity contribution in [3.8, 4) is 0 Å². The number of rotatable bonds is 1. The van der Waals surface area contributed by atoms with Gasteiger partial charge in [-0.05, 0) is 43.4 Å². The van der Waals surface area contributed by atoms with Gasteiger partial charge in [0.05, 0.1) is 0 Å². The Morgan fingerprint density at radius 1 is 1.33 bits per heavy atom. The average Bonchev–Trinajstić information content (AvgIpc) is 2.34. The summed E-state index contributed by atoms with van der Waals surface area (Å²) in [6.07, 6.45) is 2.27. The van der Waals surface area contributed by atoms with Crippen LogP contribution in [0.15, 0.2) is 12.1 Å². The van der Waals surface area contributed by atoms with Gasteiger partial charge in [0.1, 0.15) is 0 Å². The van der Waals surface area contributed by atoms with Gasteiger partial charge >= 0.3 is 0 Å². The smallest absolute Gasteiger partial charge is 0.254 e. The highest BCUT2D eigenvalue weighted by Crippen LogP contribution is 2.23. The summed E-state index contributed by atoms with van der Waals surface area (Å²) >= 11 is 0. The zero-order chi connectivity index (χ0) is 13.3. The molecule has 0 saturated carbocycles. The topological polar surface area (TPSA) is 72.4 Å². The first-order valence-corrected chi connectivity index (χ1v) is 6.44. The fourth-order valence-electron chi connectivity index (χ4n) is 2.44. The molecule has 0 radical (unpaired) electrons. The van der Waals surface area contributed by atoms with Crippen molar-refractivity contribution < 1.29 is 4.79 Å². The van der Waals surface area contributed by atoms with Crippen molar-refractivity contribution in [3.63, 3.8) is 0 Å². The lowest BCUT2D eigenvalue weighted by atomic mass is 9.99. The van der Waals surface area contributed by atoms with Gasteiger partial charge in [-0.3, -0.25) is 4.79 Å². The van der Waals surface area contributed by atoms with Crippen LogP contribution < -0.4 is 11.5 Å². The lowest BCUT2D eigenvalue weighted by Crippen LogP contribution is -2.39. The van der Waals surface area contributed by atoms with Gasteiger partial charge in [-0.2, -0.15) is 0 Å². The van der Waals surface area contributed by atoms with Crippen molar-refractivity contribution >= 4 is 17.3 Å². The number of carbonyl (C=O) groups is 1. The minimum atomic E-state index is 0.0416. The molecule has 0 spiro atoms. The van der Waals surface area contributed by atoms with Gasteiger partial charge in [-0.25, -0.2) is 0 Å². The lowest BCUT2D eigenvalue weighted by Gasteiger charge is -2.31. The predicted octanol–water partition coefficient (Wildman–Crippen LogP) is 2.03. The van der Waals surface area contributed by atoms with Gasteiger partial charge in [-0.1, -0.05) is 6.92 Å². The zero-order valence-corrected chi connectivity index (χ0v) is 11.1. The van der Waals surface area contributed by atoms with E-state index in [-0.39, 0.29) is 5.91 Å². The molecular weight excluding hydrogens is 226 g/mol. The number of hydrogen-bond acceptors (Lipinski definition) is 3. The number of hydrogen-bond donors (Lipinski definition) is 2. The maximum atomic E-state index is 12.4. The van der Waals surface area contributed by atoms with E-state index in [1.54, 1.807) is 12.1 Å². The fraction of sp³-hybridized carbons (Fsp3) is 0.500. The molecule has 1 saturated heterocycles. The molecule has 2 rings (SSSR count). The molecule has 4 nitrogen and oxygen atoms in total. The number of nitrogen functional groups attached to an aromatic ring is 2. The zero-order valence-electron chi connectivity index (χ0n) is 11.1. The van der Waals surface area contributed by atoms with E-state index in [2.05, 4.69) is 6.92 Å². The minimum absolute atomic E-state index is 0.0416. The van der Waals surface area contributed by atoms with Crippen LogP contribution in [0.5, 0.6) is 0 Å². The summed E-state index contributed by atoms with van der Waals surface area (Å²) in [5.41, 5.74) is 14.4. The van der Waals surface area contributed by atoms with Crippen molar-refractivity contribution in [1.82, 2.24) is 4.90 Å². The number of anilines is 2. The standard InChI is InChI=1S/C14H21N3O/c1-9-4-3-5-17(8-9)14(18)11-6-12(15)10(2)13(16)7-11/h6-7,9H,3-5,8,15-16H2,1-2H3. The molecule has 1 aliphatic rings. The third-order valence-electron chi connectivity index (χ3n) is 3.68. The SMILES string of the molecule is Cc1c(N)cc(C(=O)N2CCCC(C)C2)cc1N. The van der Waals surface area contributed by atoms with Crippen LogP contribution in [0.1, 0.15) is 35.7 Å². The van der Waals surface area contributed by atoms with Crippen molar-refractivity contribution in [1.29, 1.82) is 0 Å². The highest BCUT2D eigenvalue weighted by atomic mass is 16.2. The molecule has 4 heteroatoms. The van der Waals surface area contributed by atoms with Gasteiger partial charge in [0.2, 0.25) is 0 Å². The number of amides is 1. The Kier molecular flexibility index (Phi) is 3.45. The van der Waals surface area contributed by atoms with E-state index in [0.717, 1.165) is 25.1 Å². The first-order chi connectivity index (χ1) is 8.49. The highest BCUT2D eigenvalue weighted by molar-refractivity contribution is 5.96. The number of piperidine rings is 1. The second-order valence-electron chi connectivity index (χ2n) is 5.28. The summed E-state index contributed by atoms with van der Waals surface area (Å²) in [6, 6.07) is 3.46. The number of benzene rings is 1. The molecule has 4 N–H and O–H groups in total. The third kappa shape index (κ3) is 2.42. The first kappa shape index (κ1) is 12.7. The molecule has 1 heterocycles. The normalized spacial score (nSPS) is 19.9. The van der Waals surface area contributed by atoms with E-state index < -0.39 is 0 Å². The van der Waals surface area contributed by atoms with Crippen molar-refractivity contribution in [2.24, 2.45) is 5.92 Å². The van der Waals surface area contributed by atoms with Crippen LogP contribution in [0.2, 0.25) is 0 Å². The molecule has 1 aliphatic heterocycles. The summed E-state index contributed by atoms with van der Waals surface area (Å²) in [5, 5.41) is 0. The van der Waals surface area contributed by atoms with Crippen LogP contribution in [-0.2, 0) is 0 Å². The largest absolute Gasteiger partial charge is 0.398 e. The Morgan fingerprint density at radius 3 is 2.50 bits per heavy atom. The summed E-state index contributed by atoms with van der Waals surface area (Å²) in [7, 11) is 0. The monoisotopic (exact) mass is 247 g/mol. The maximum Gasteiger partial charge on any atom is 0.254 e. The molecule has 1 aromatic rings. The summed E-state index contributed by atoms with van der Waals surface area (Å²) < 4.78 is 0. The molecule has 1 unspecified atom stereocenters. The van der Waals surface area contributed by atoms with Gasteiger partial charge in [0.15, 0.2) is 0 Å². The van der Waals surface area contributed by atoms with Crippen LogP contribution in [0.25, 0.3) is 0 Å². The average molecular weight is 247 g/mol. The molecule has 1 atom stereocenters. The predicted molar refractivity (Wildman–Crippen MR) is 74.3 cm³/mol. The van der Waals surface area contributed by atoms with E-state index in [4.69, 9.17) is 11.5 Å². The van der Waals surface area contributed by atoms with Crippen LogP contribution >= 0.6 is 0 Å². The first-order valence-electron chi connectivity index (χ1n) is 6.44. The summed E-state index contributed by atoms with van der Waals surface area (Å²) in [6.45, 7) is 5.70. The number of carbonyl (C=O) groups excluding carboxylic acids is 1. The second kappa shape index (κ2) is 4.88. The third-order valence-corrected chi connectivity index (χ3v) is 3.68. The number of likely N-dealkylation sites (tertiary alicyclic amines) is 1. The van der Waals surface area contributed by atoms with Gasteiger partial charge < -0.3 is 16.4 Å². The second-order valence-corrected chi connectivity index (χ2v) is 5.28. The molecule has 1 fully saturated rings. The van der Waals surface area contributed by atoms with E-state index in [1.807, 2.05) is 11.8 Å². The Bertz CT molecular complexity index is 447. The molecule has 0 aromatic heterocycles. The van der Waals surface area contributed by atoms with Crippen LogP contribution in [0.4, 0.5) is 11.4 Å². The van der Waals surface area contributed by atoms with Gasteiger partial charge in [-0.15, -0.1) is 0 Å². The van der Waals surface area contributed by atoms with Gasteiger partial charge in [0, 0.05) is 30.0 Å². The molecule has 0 bridgehead atoms. The van der Waals surface area contributed by atoms with Crippen LogP contribution in [0, 0.1) is 12.8 Å². The molecular formula is C14H21N3O. The maximum absolute atomic E-state index is 12.4. The van der Waals surface area contributed by atoms with Crippen molar-refractivity contribution in [2.45, 2.75) is 26.7 Å². The van der Waals surface area contributed by atoms with Crippen LogP contribution in [0.3, 0.4) is 0 Å². The lowest BCUT2D eigenvalue weighted by molar-refractivity contribution is 0.0683. The van der Waals surface area contributed by atoms with Crippen molar-refractivity contribution in [2.75, 3.05) is 24.6 Å². The molecule has 1 amide bonds. The van der Waals surface area contributed by atoms with Crippen molar-refractivity contribution in [3.05, 3.63) is 23.3 Å². The molecule has 98 valence electrons. The summed E-state index contributed by atoms with van der Waals surface area (Å²) in [5.74, 6) is 0.614. The minimum Gasteiger partial charge on any atom is -0.398 e. The van der Waals surface area contributed by atoms with E-state index >= 15 is 0 Å². The Hall–Kier alpha value is -1.71. The highest BCUT2D eigenvalue weighted by Gasteiger charge is 2.22. The van der Waals surface area contributed by atoms with Gasteiger partial charge in [0.25, 0.3) is 5.91 Å².